The fourth-order valence-electron chi connectivity index (χ4n) is 1.37. The minimum atomic E-state index is 0. The Morgan fingerprint density at radius 2 is 2.13 bits per heavy atom. The number of ether oxygens (including phenoxy) is 2. The number of nitrogens with one attached hydrogen (secondary N) is 1. The van der Waals surface area contributed by atoms with Gasteiger partial charge >= 0.3 is 0 Å². The Morgan fingerprint density at radius 1 is 1.33 bits per heavy atom. The van der Waals surface area contributed by atoms with E-state index in [9.17, 15) is 0 Å². The number of hydrogen-bond donors (Lipinski definition) is 1. The van der Waals surface area contributed by atoms with E-state index in [2.05, 4.69) is 11.9 Å². The van der Waals surface area contributed by atoms with Gasteiger partial charge in [0.1, 0.15) is 0 Å². The first kappa shape index (κ1) is 11.9. The molecule has 1 heterocycles. The first-order chi connectivity index (χ1) is 6.90. The summed E-state index contributed by atoms with van der Waals surface area (Å²) < 4.78 is 10.5. The van der Waals surface area contributed by atoms with E-state index in [1.165, 1.54) is 5.56 Å². The molecule has 1 aliphatic rings. The number of rotatable bonds is 4. The van der Waals surface area contributed by atoms with Gasteiger partial charge in [0, 0.05) is 13.1 Å². The highest BCUT2D eigenvalue weighted by atomic mass is 35.5. The van der Waals surface area contributed by atoms with Crippen molar-refractivity contribution in [3.8, 4) is 11.5 Å². The van der Waals surface area contributed by atoms with Gasteiger partial charge in [-0.25, -0.2) is 0 Å². The zero-order chi connectivity index (χ0) is 9.80. The molecule has 0 radical (unpaired) electrons. The molecule has 0 aromatic heterocycles. The monoisotopic (exact) mass is 227 g/mol. The predicted molar refractivity (Wildman–Crippen MR) is 61.7 cm³/mol. The van der Waals surface area contributed by atoms with Crippen molar-refractivity contribution in [2.75, 3.05) is 13.3 Å². The molecule has 0 saturated carbocycles. The molecule has 3 nitrogen and oxygen atoms in total. The molecule has 2 rings (SSSR count). The Bertz CT molecular complexity index is 341. The molecule has 1 N–H and O–H groups in total. The lowest BCUT2D eigenvalue weighted by atomic mass is 10.2. The summed E-state index contributed by atoms with van der Waals surface area (Å²) in [5, 5.41) is 3.23. The van der Waals surface area contributed by atoms with Crippen LogP contribution in [0.5, 0.6) is 11.5 Å². The summed E-state index contributed by atoms with van der Waals surface area (Å²) >= 11 is 0. The minimum absolute atomic E-state index is 0. The van der Waals surface area contributed by atoms with Crippen LogP contribution in [0.1, 0.15) is 5.56 Å². The molecule has 15 heavy (non-hydrogen) atoms. The lowest BCUT2D eigenvalue weighted by Crippen LogP contribution is -2.12. The van der Waals surface area contributed by atoms with E-state index < -0.39 is 0 Å². The molecule has 0 spiro atoms. The second-order valence-electron chi connectivity index (χ2n) is 3.11. The van der Waals surface area contributed by atoms with Crippen molar-refractivity contribution in [3.63, 3.8) is 0 Å². The molecule has 0 bridgehead atoms. The maximum absolute atomic E-state index is 5.28. The standard InChI is InChI=1S/C11H13NO2.ClH/c1-2-5-12-7-9-3-4-10-11(6-9)14-8-13-10;/h2-4,6,12H,1,5,7-8H2;1H. The second kappa shape index (κ2) is 5.63. The Hall–Kier alpha value is -1.19. The van der Waals surface area contributed by atoms with Crippen LogP contribution in [-0.2, 0) is 6.54 Å². The van der Waals surface area contributed by atoms with Gasteiger partial charge in [-0.1, -0.05) is 12.1 Å². The molecule has 1 aromatic carbocycles. The fourth-order valence-corrected chi connectivity index (χ4v) is 1.37. The Balaban J connectivity index is 0.00000112. The normalized spacial score (nSPS) is 12.0. The largest absolute Gasteiger partial charge is 0.454 e. The van der Waals surface area contributed by atoms with Gasteiger partial charge in [-0.05, 0) is 17.7 Å². The van der Waals surface area contributed by atoms with Gasteiger partial charge in [-0.3, -0.25) is 0 Å². The fraction of sp³-hybridized carbons (Fsp3) is 0.273. The van der Waals surface area contributed by atoms with Crippen LogP contribution in [0.25, 0.3) is 0 Å². The lowest BCUT2D eigenvalue weighted by molar-refractivity contribution is 0.174. The van der Waals surface area contributed by atoms with Crippen LogP contribution < -0.4 is 14.8 Å². The molecule has 1 aliphatic heterocycles. The van der Waals surface area contributed by atoms with Crippen molar-refractivity contribution in [3.05, 3.63) is 36.4 Å². The summed E-state index contributed by atoms with van der Waals surface area (Å²) in [6, 6.07) is 5.97. The highest BCUT2D eigenvalue weighted by Crippen LogP contribution is 2.32. The molecular formula is C11H14ClNO2. The topological polar surface area (TPSA) is 30.5 Å². The van der Waals surface area contributed by atoms with Gasteiger partial charge in [0.15, 0.2) is 11.5 Å². The maximum Gasteiger partial charge on any atom is 0.231 e. The van der Waals surface area contributed by atoms with Crippen LogP contribution in [0.3, 0.4) is 0 Å². The Kier molecular flexibility index (Phi) is 4.46. The van der Waals surface area contributed by atoms with Crippen molar-refractivity contribution >= 4 is 12.4 Å². The van der Waals surface area contributed by atoms with Crippen molar-refractivity contribution in [2.45, 2.75) is 6.54 Å². The average Bonchev–Trinajstić information content (AvgIpc) is 2.65. The first-order valence-corrected chi connectivity index (χ1v) is 4.60. The molecule has 1 aromatic rings. The molecule has 0 atom stereocenters. The van der Waals surface area contributed by atoms with Gasteiger partial charge in [-0.2, -0.15) is 0 Å². The molecule has 0 fully saturated rings. The Labute approximate surface area is 95.5 Å². The maximum atomic E-state index is 5.28. The molecular weight excluding hydrogens is 214 g/mol. The summed E-state index contributed by atoms with van der Waals surface area (Å²) in [5.74, 6) is 1.67. The number of hydrogen-bond acceptors (Lipinski definition) is 3. The van der Waals surface area contributed by atoms with Crippen molar-refractivity contribution < 1.29 is 9.47 Å². The zero-order valence-electron chi connectivity index (χ0n) is 8.36. The van der Waals surface area contributed by atoms with E-state index in [4.69, 9.17) is 9.47 Å². The second-order valence-corrected chi connectivity index (χ2v) is 3.11. The van der Waals surface area contributed by atoms with E-state index in [0.717, 1.165) is 24.6 Å². The average molecular weight is 228 g/mol. The summed E-state index contributed by atoms with van der Waals surface area (Å²) in [4.78, 5) is 0. The Morgan fingerprint density at radius 3 is 2.93 bits per heavy atom. The van der Waals surface area contributed by atoms with Crippen LogP contribution in [0.4, 0.5) is 0 Å². The van der Waals surface area contributed by atoms with Gasteiger partial charge < -0.3 is 14.8 Å². The third-order valence-corrected chi connectivity index (χ3v) is 2.05. The molecule has 4 heteroatoms. The van der Waals surface area contributed by atoms with Crippen molar-refractivity contribution in [1.29, 1.82) is 0 Å². The number of fused-ring (bicyclic) bond motifs is 1. The van der Waals surface area contributed by atoms with Crippen LogP contribution in [0, 0.1) is 0 Å². The first-order valence-electron chi connectivity index (χ1n) is 4.60. The number of benzene rings is 1. The van der Waals surface area contributed by atoms with Crippen molar-refractivity contribution in [1.82, 2.24) is 5.32 Å². The minimum Gasteiger partial charge on any atom is -0.454 e. The molecule has 0 amide bonds. The SMILES string of the molecule is C=CCNCc1ccc2c(c1)OCO2.Cl. The van der Waals surface area contributed by atoms with Gasteiger partial charge in [-0.15, -0.1) is 19.0 Å². The van der Waals surface area contributed by atoms with Gasteiger partial charge in [0.2, 0.25) is 6.79 Å². The molecule has 0 unspecified atom stereocenters. The molecule has 0 saturated heterocycles. The third kappa shape index (κ3) is 2.88. The summed E-state index contributed by atoms with van der Waals surface area (Å²) in [6.07, 6.45) is 1.84. The quantitative estimate of drug-likeness (QED) is 0.631. The van der Waals surface area contributed by atoms with Crippen molar-refractivity contribution in [2.24, 2.45) is 0 Å². The summed E-state index contributed by atoms with van der Waals surface area (Å²) in [5.41, 5.74) is 1.19. The lowest BCUT2D eigenvalue weighted by Gasteiger charge is -2.03. The van der Waals surface area contributed by atoms with Gasteiger partial charge in [0.05, 0.1) is 0 Å². The molecule has 0 aliphatic carbocycles. The van der Waals surface area contributed by atoms with E-state index in [-0.39, 0.29) is 12.4 Å². The van der Waals surface area contributed by atoms with Crippen LogP contribution in [-0.4, -0.2) is 13.3 Å². The predicted octanol–water partition coefficient (Wildman–Crippen LogP) is 2.11. The van der Waals surface area contributed by atoms with E-state index >= 15 is 0 Å². The van der Waals surface area contributed by atoms with E-state index in [1.54, 1.807) is 0 Å². The summed E-state index contributed by atoms with van der Waals surface area (Å²) in [7, 11) is 0. The van der Waals surface area contributed by atoms with Crippen LogP contribution in [0.15, 0.2) is 30.9 Å². The number of halogens is 1. The highest BCUT2D eigenvalue weighted by Gasteiger charge is 2.12. The molecule has 82 valence electrons. The van der Waals surface area contributed by atoms with E-state index in [1.807, 2.05) is 24.3 Å². The highest BCUT2D eigenvalue weighted by molar-refractivity contribution is 5.85. The summed E-state index contributed by atoms with van der Waals surface area (Å²) in [6.45, 7) is 5.61. The zero-order valence-corrected chi connectivity index (χ0v) is 9.18. The smallest absolute Gasteiger partial charge is 0.231 e. The van der Waals surface area contributed by atoms with E-state index in [0.29, 0.717) is 6.79 Å². The third-order valence-electron chi connectivity index (χ3n) is 2.05. The van der Waals surface area contributed by atoms with Crippen LogP contribution >= 0.6 is 12.4 Å². The van der Waals surface area contributed by atoms with Gasteiger partial charge in [0.25, 0.3) is 0 Å². The van der Waals surface area contributed by atoms with Crippen LogP contribution in [0.2, 0.25) is 0 Å².